The molecule has 12 nitrogen and oxygen atoms in total. The monoisotopic (exact) mass is 921 g/mol. The Labute approximate surface area is 398 Å². The lowest BCUT2D eigenvalue weighted by Crippen LogP contribution is -2.36. The fourth-order valence-corrected chi connectivity index (χ4v) is 8.85. The molecule has 0 bridgehead atoms. The summed E-state index contributed by atoms with van der Waals surface area (Å²) in [6.45, 7) is 8.36. The largest absolute Gasteiger partial charge is 0.440 e. The van der Waals surface area contributed by atoms with Crippen molar-refractivity contribution >= 4 is 50.6 Å². The van der Waals surface area contributed by atoms with Crippen LogP contribution in [-0.2, 0) is 14.2 Å². The summed E-state index contributed by atoms with van der Waals surface area (Å²) < 4.78 is 34.5. The van der Waals surface area contributed by atoms with Crippen LogP contribution in [0.5, 0.6) is 0 Å². The maximum atomic E-state index is 12.5. The molecule has 0 amide bonds. The van der Waals surface area contributed by atoms with E-state index in [2.05, 4.69) is 14.7 Å². The van der Waals surface area contributed by atoms with E-state index in [-0.39, 0.29) is 16.3 Å². The highest BCUT2D eigenvalue weighted by molar-refractivity contribution is 5.94. The molecule has 6 heterocycles. The number of ether oxygens (including phenoxy) is 3. The van der Waals surface area contributed by atoms with Gasteiger partial charge in [0.2, 0.25) is 0 Å². The number of benzene rings is 6. The zero-order valence-corrected chi connectivity index (χ0v) is 38.1. The molecule has 0 unspecified atom stereocenters. The topological polar surface area (TPSA) is 128 Å². The number of hydrogen-bond acceptors (Lipinski definition) is 12. The standard InChI is InChI=1S/3C19H17NO3/c3*21-17-13-18(20-9-11-22-12-10-20)23-19-15(7-4-8-16(17)19)14-5-2-1-3-6-14/h3*1-8,13H,9-12H2. The molecule has 69 heavy (non-hydrogen) atoms. The van der Waals surface area contributed by atoms with Gasteiger partial charge in [0.05, 0.1) is 55.8 Å². The first kappa shape index (κ1) is 45.0. The summed E-state index contributed by atoms with van der Waals surface area (Å²) in [5.74, 6) is 1.86. The number of morpholine rings is 3. The first-order chi connectivity index (χ1) is 34.0. The van der Waals surface area contributed by atoms with E-state index in [1.54, 1.807) is 18.2 Å². The maximum Gasteiger partial charge on any atom is 0.200 e. The predicted octanol–water partition coefficient (Wildman–Crippen LogP) is 9.89. The van der Waals surface area contributed by atoms with E-state index < -0.39 is 0 Å². The lowest BCUT2D eigenvalue weighted by Gasteiger charge is -2.27. The number of para-hydroxylation sites is 3. The summed E-state index contributed by atoms with van der Waals surface area (Å²) in [5.41, 5.74) is 7.86. The molecule has 0 N–H and O–H groups in total. The van der Waals surface area contributed by atoms with Crippen LogP contribution in [0, 0.1) is 0 Å². The molecule has 0 spiro atoms. The van der Waals surface area contributed by atoms with Gasteiger partial charge in [-0.2, -0.15) is 0 Å². The van der Waals surface area contributed by atoms with Crippen LogP contribution >= 0.6 is 0 Å². The third-order valence-corrected chi connectivity index (χ3v) is 12.4. The number of fused-ring (bicyclic) bond motifs is 3. The Bertz CT molecular complexity index is 3000. The van der Waals surface area contributed by atoms with Crippen LogP contribution in [0.4, 0.5) is 17.7 Å². The van der Waals surface area contributed by atoms with Crippen molar-refractivity contribution in [3.05, 3.63) is 194 Å². The van der Waals surface area contributed by atoms with Gasteiger partial charge in [0.15, 0.2) is 33.9 Å². The van der Waals surface area contributed by atoms with Crippen molar-refractivity contribution in [1.29, 1.82) is 0 Å². The molecule has 348 valence electrons. The van der Waals surface area contributed by atoms with E-state index in [9.17, 15) is 14.4 Å². The van der Waals surface area contributed by atoms with Crippen LogP contribution in [0.2, 0.25) is 0 Å². The second kappa shape index (κ2) is 21.0. The van der Waals surface area contributed by atoms with E-state index in [4.69, 9.17) is 27.5 Å². The van der Waals surface area contributed by atoms with E-state index in [1.165, 1.54) is 0 Å². The van der Waals surface area contributed by atoms with Gasteiger partial charge in [-0.25, -0.2) is 0 Å². The molecular formula is C57H51N3O9. The van der Waals surface area contributed by atoms with Crippen molar-refractivity contribution in [3.8, 4) is 33.4 Å². The van der Waals surface area contributed by atoms with Crippen molar-refractivity contribution in [1.82, 2.24) is 0 Å². The zero-order chi connectivity index (χ0) is 46.9. The minimum atomic E-state index is -0.00878. The lowest BCUT2D eigenvalue weighted by atomic mass is 10.0. The smallest absolute Gasteiger partial charge is 0.200 e. The summed E-state index contributed by atoms with van der Waals surface area (Å²) in [4.78, 5) is 43.7. The third-order valence-electron chi connectivity index (χ3n) is 12.4. The Hall–Kier alpha value is -7.77. The van der Waals surface area contributed by atoms with E-state index in [1.807, 2.05) is 146 Å². The molecule has 12 rings (SSSR count). The van der Waals surface area contributed by atoms with Crippen LogP contribution in [-0.4, -0.2) is 78.9 Å². The van der Waals surface area contributed by atoms with E-state index in [0.717, 1.165) is 72.6 Å². The number of hydrogen-bond donors (Lipinski definition) is 0. The molecular weight excluding hydrogens is 871 g/mol. The Kier molecular flexibility index (Phi) is 13.7. The van der Waals surface area contributed by atoms with Gasteiger partial charge in [-0.1, -0.05) is 127 Å². The molecule has 0 saturated carbocycles. The van der Waals surface area contributed by atoms with Gasteiger partial charge < -0.3 is 42.2 Å². The second-order valence-corrected chi connectivity index (χ2v) is 16.8. The SMILES string of the molecule is O=c1cc(N2CCOCC2)oc2c(-c3ccccc3)cccc12.O=c1cc(N2CCOCC2)oc2c(-c3ccccc3)cccc12.O=c1cc(N2CCOCC2)oc2c(-c3ccccc3)cccc12. The zero-order valence-electron chi connectivity index (χ0n) is 38.1. The van der Waals surface area contributed by atoms with Gasteiger partial charge in [0, 0.05) is 74.2 Å². The van der Waals surface area contributed by atoms with Gasteiger partial charge in [0.1, 0.15) is 16.7 Å². The summed E-state index contributed by atoms with van der Waals surface area (Å²) in [6, 6.07) is 51.8. The molecule has 6 aromatic carbocycles. The fraction of sp³-hybridized carbons (Fsp3) is 0.211. The summed E-state index contributed by atoms with van der Waals surface area (Å²) in [6.07, 6.45) is 0. The van der Waals surface area contributed by atoms with Crippen LogP contribution in [0.25, 0.3) is 66.3 Å². The first-order valence-electron chi connectivity index (χ1n) is 23.3. The highest BCUT2D eigenvalue weighted by Crippen LogP contribution is 2.33. The Morgan fingerprint density at radius 2 is 0.565 bits per heavy atom. The maximum absolute atomic E-state index is 12.5. The molecule has 3 saturated heterocycles. The first-order valence-corrected chi connectivity index (χ1v) is 23.3. The van der Waals surface area contributed by atoms with Crippen molar-refractivity contribution in [2.45, 2.75) is 0 Å². The summed E-state index contributed by atoms with van der Waals surface area (Å²) in [7, 11) is 0. The number of rotatable bonds is 6. The van der Waals surface area contributed by atoms with Gasteiger partial charge in [-0.3, -0.25) is 14.4 Å². The summed E-state index contributed by atoms with van der Waals surface area (Å²) >= 11 is 0. The highest BCUT2D eigenvalue weighted by Gasteiger charge is 2.20. The van der Waals surface area contributed by atoms with Crippen LogP contribution in [0.15, 0.2) is 191 Å². The van der Waals surface area contributed by atoms with Crippen LogP contribution in [0.1, 0.15) is 0 Å². The lowest BCUT2D eigenvalue weighted by molar-refractivity contribution is 0.120. The average molecular weight is 922 g/mol. The van der Waals surface area contributed by atoms with E-state index in [0.29, 0.717) is 90.2 Å². The Balaban J connectivity index is 0.000000120. The highest BCUT2D eigenvalue weighted by atomic mass is 16.5. The fourth-order valence-electron chi connectivity index (χ4n) is 8.85. The molecule has 3 fully saturated rings. The Morgan fingerprint density at radius 1 is 0.304 bits per heavy atom. The minimum absolute atomic E-state index is 0.00878. The quantitative estimate of drug-likeness (QED) is 0.158. The second-order valence-electron chi connectivity index (χ2n) is 16.8. The van der Waals surface area contributed by atoms with Gasteiger partial charge in [-0.15, -0.1) is 0 Å². The number of anilines is 3. The molecule has 3 aliphatic heterocycles. The van der Waals surface area contributed by atoms with Crippen LogP contribution < -0.4 is 31.0 Å². The van der Waals surface area contributed by atoms with Gasteiger partial charge >= 0.3 is 0 Å². The van der Waals surface area contributed by atoms with Gasteiger partial charge in [-0.05, 0) is 34.9 Å². The molecule has 12 heteroatoms. The van der Waals surface area contributed by atoms with Crippen molar-refractivity contribution in [2.75, 3.05) is 93.6 Å². The minimum Gasteiger partial charge on any atom is -0.440 e. The van der Waals surface area contributed by atoms with Crippen molar-refractivity contribution in [3.63, 3.8) is 0 Å². The number of nitrogens with zero attached hydrogens (tertiary/aromatic N) is 3. The third kappa shape index (κ3) is 10.1. The molecule has 0 atom stereocenters. The molecule has 0 radical (unpaired) electrons. The Morgan fingerprint density at radius 3 is 0.826 bits per heavy atom. The summed E-state index contributed by atoms with van der Waals surface area (Å²) in [5, 5.41) is 1.84. The molecule has 0 aliphatic carbocycles. The molecule has 9 aromatic rings. The molecule has 3 aliphatic rings. The van der Waals surface area contributed by atoms with Crippen molar-refractivity contribution in [2.24, 2.45) is 0 Å². The predicted molar refractivity (Wildman–Crippen MR) is 273 cm³/mol. The van der Waals surface area contributed by atoms with Crippen LogP contribution in [0.3, 0.4) is 0 Å². The van der Waals surface area contributed by atoms with Gasteiger partial charge in [0.25, 0.3) is 0 Å². The molecule has 3 aromatic heterocycles. The van der Waals surface area contributed by atoms with Crippen molar-refractivity contribution < 1.29 is 27.5 Å². The average Bonchev–Trinajstić information content (AvgIpc) is 3.42. The normalized spacial score (nSPS) is 15.0. The van der Waals surface area contributed by atoms with E-state index >= 15 is 0 Å².